The van der Waals surface area contributed by atoms with Crippen LogP contribution in [0.5, 0.6) is 5.75 Å². The Morgan fingerprint density at radius 3 is 2.38 bits per heavy atom. The summed E-state index contributed by atoms with van der Waals surface area (Å²) in [5.41, 5.74) is 1.38. The first-order valence-corrected chi connectivity index (χ1v) is 9.90. The number of nitrogens with zero attached hydrogens (tertiary/aromatic N) is 2. The third kappa shape index (κ3) is 5.81. The Morgan fingerprint density at radius 1 is 0.966 bits per heavy atom. The standard InChI is InChI=1S/C22H23ClN2O4/c1-16(26)29-20-5-2-4-18(15-20)22(28)25-11-3-10-24(12-13-25)21(27)14-17-6-8-19(23)9-7-17/h2,4-9,15H,3,10-14H2,1H3. The second-order valence-electron chi connectivity index (χ2n) is 6.95. The number of hydrogen-bond acceptors (Lipinski definition) is 4. The zero-order valence-electron chi connectivity index (χ0n) is 16.3. The highest BCUT2D eigenvalue weighted by Crippen LogP contribution is 2.17. The number of halogens is 1. The van der Waals surface area contributed by atoms with E-state index in [-0.39, 0.29) is 11.8 Å². The maximum absolute atomic E-state index is 12.9. The van der Waals surface area contributed by atoms with Crippen molar-refractivity contribution in [3.05, 3.63) is 64.7 Å². The van der Waals surface area contributed by atoms with E-state index in [9.17, 15) is 14.4 Å². The molecule has 0 spiro atoms. The quantitative estimate of drug-likeness (QED) is 0.569. The fourth-order valence-electron chi connectivity index (χ4n) is 3.30. The van der Waals surface area contributed by atoms with E-state index in [1.165, 1.54) is 6.92 Å². The summed E-state index contributed by atoms with van der Waals surface area (Å²) in [6.07, 6.45) is 1.03. The van der Waals surface area contributed by atoms with Gasteiger partial charge in [0.15, 0.2) is 0 Å². The van der Waals surface area contributed by atoms with Gasteiger partial charge in [0.05, 0.1) is 6.42 Å². The second-order valence-corrected chi connectivity index (χ2v) is 7.39. The predicted octanol–water partition coefficient (Wildman–Crippen LogP) is 3.18. The monoisotopic (exact) mass is 414 g/mol. The highest BCUT2D eigenvalue weighted by molar-refractivity contribution is 6.30. The van der Waals surface area contributed by atoms with Gasteiger partial charge >= 0.3 is 5.97 Å². The largest absolute Gasteiger partial charge is 0.427 e. The first-order chi connectivity index (χ1) is 13.9. The number of ether oxygens (including phenoxy) is 1. The Kier molecular flexibility index (Phi) is 6.88. The van der Waals surface area contributed by atoms with Crippen molar-refractivity contribution in [2.75, 3.05) is 26.2 Å². The van der Waals surface area contributed by atoms with Gasteiger partial charge < -0.3 is 14.5 Å². The molecule has 6 nitrogen and oxygen atoms in total. The van der Waals surface area contributed by atoms with Crippen molar-refractivity contribution in [2.24, 2.45) is 0 Å². The molecule has 2 amide bonds. The van der Waals surface area contributed by atoms with Crippen LogP contribution in [-0.2, 0) is 16.0 Å². The fourth-order valence-corrected chi connectivity index (χ4v) is 3.43. The molecule has 1 fully saturated rings. The number of carbonyl (C=O) groups excluding carboxylic acids is 3. The Bertz CT molecular complexity index is 898. The Hall–Kier alpha value is -2.86. The molecule has 0 aliphatic carbocycles. The Labute approximate surface area is 175 Å². The van der Waals surface area contributed by atoms with Crippen LogP contribution in [0.15, 0.2) is 48.5 Å². The molecule has 1 saturated heterocycles. The van der Waals surface area contributed by atoms with Crippen LogP contribution in [0.3, 0.4) is 0 Å². The van der Waals surface area contributed by atoms with Gasteiger partial charge in [-0.05, 0) is 42.3 Å². The van der Waals surface area contributed by atoms with E-state index in [2.05, 4.69) is 0 Å². The molecule has 0 unspecified atom stereocenters. The summed E-state index contributed by atoms with van der Waals surface area (Å²) in [5.74, 6) is -0.179. The minimum absolute atomic E-state index is 0.0403. The third-order valence-electron chi connectivity index (χ3n) is 4.75. The van der Waals surface area contributed by atoms with E-state index in [1.807, 2.05) is 12.1 Å². The molecule has 0 N–H and O–H groups in total. The van der Waals surface area contributed by atoms with E-state index < -0.39 is 5.97 Å². The predicted molar refractivity (Wildman–Crippen MR) is 110 cm³/mol. The van der Waals surface area contributed by atoms with Crippen molar-refractivity contribution in [1.29, 1.82) is 0 Å². The first kappa shape index (κ1) is 20.9. The molecular weight excluding hydrogens is 392 g/mol. The Balaban J connectivity index is 1.60. The molecule has 1 aliphatic rings. The van der Waals surface area contributed by atoms with E-state index in [1.54, 1.807) is 46.2 Å². The lowest BCUT2D eigenvalue weighted by Gasteiger charge is -2.22. The lowest BCUT2D eigenvalue weighted by Crippen LogP contribution is -2.38. The summed E-state index contributed by atoms with van der Waals surface area (Å²) in [6.45, 7) is 3.45. The van der Waals surface area contributed by atoms with Gasteiger partial charge in [-0.25, -0.2) is 0 Å². The van der Waals surface area contributed by atoms with Gasteiger partial charge in [-0.1, -0.05) is 29.8 Å². The van der Waals surface area contributed by atoms with Crippen LogP contribution >= 0.6 is 11.6 Å². The minimum Gasteiger partial charge on any atom is -0.427 e. The van der Waals surface area contributed by atoms with E-state index >= 15 is 0 Å². The van der Waals surface area contributed by atoms with Crippen LogP contribution < -0.4 is 4.74 Å². The van der Waals surface area contributed by atoms with Crippen LogP contribution in [0.4, 0.5) is 0 Å². The molecular formula is C22H23ClN2O4. The zero-order valence-corrected chi connectivity index (χ0v) is 17.0. The molecule has 1 aliphatic heterocycles. The summed E-state index contributed by atoms with van der Waals surface area (Å²) in [5, 5.41) is 0.642. The molecule has 29 heavy (non-hydrogen) atoms. The zero-order chi connectivity index (χ0) is 20.8. The maximum atomic E-state index is 12.9. The van der Waals surface area contributed by atoms with Crippen molar-refractivity contribution in [3.63, 3.8) is 0 Å². The number of benzene rings is 2. The summed E-state index contributed by atoms with van der Waals surface area (Å²) in [6, 6.07) is 13.8. The Morgan fingerprint density at radius 2 is 1.66 bits per heavy atom. The van der Waals surface area contributed by atoms with Crippen molar-refractivity contribution in [3.8, 4) is 5.75 Å². The molecule has 2 aromatic carbocycles. The molecule has 0 atom stereocenters. The van der Waals surface area contributed by atoms with Crippen molar-refractivity contribution in [2.45, 2.75) is 19.8 Å². The molecule has 3 rings (SSSR count). The number of amides is 2. The second kappa shape index (κ2) is 9.56. The molecule has 0 saturated carbocycles. The summed E-state index contributed by atoms with van der Waals surface area (Å²) >= 11 is 5.89. The topological polar surface area (TPSA) is 66.9 Å². The van der Waals surface area contributed by atoms with Gasteiger partial charge in [-0.15, -0.1) is 0 Å². The number of rotatable bonds is 4. The molecule has 1 heterocycles. The van der Waals surface area contributed by atoms with E-state index in [0.717, 1.165) is 5.56 Å². The van der Waals surface area contributed by atoms with E-state index in [4.69, 9.17) is 16.3 Å². The molecule has 0 radical (unpaired) electrons. The smallest absolute Gasteiger partial charge is 0.308 e. The average Bonchev–Trinajstić information content (AvgIpc) is 2.95. The van der Waals surface area contributed by atoms with Gasteiger partial charge in [0.1, 0.15) is 5.75 Å². The summed E-state index contributed by atoms with van der Waals surface area (Å²) in [4.78, 5) is 40.2. The third-order valence-corrected chi connectivity index (χ3v) is 5.00. The number of carbonyl (C=O) groups is 3. The van der Waals surface area contributed by atoms with Crippen LogP contribution in [0.1, 0.15) is 29.3 Å². The van der Waals surface area contributed by atoms with Gasteiger partial charge in [-0.3, -0.25) is 14.4 Å². The highest BCUT2D eigenvalue weighted by atomic mass is 35.5. The normalized spacial score (nSPS) is 14.3. The molecule has 0 aromatic heterocycles. The maximum Gasteiger partial charge on any atom is 0.308 e. The van der Waals surface area contributed by atoms with E-state index in [0.29, 0.717) is 55.4 Å². The summed E-state index contributed by atoms with van der Waals surface area (Å²) in [7, 11) is 0. The van der Waals surface area contributed by atoms with Crippen molar-refractivity contribution < 1.29 is 19.1 Å². The fraction of sp³-hybridized carbons (Fsp3) is 0.318. The van der Waals surface area contributed by atoms with Crippen LogP contribution in [0, 0.1) is 0 Å². The number of hydrogen-bond donors (Lipinski definition) is 0. The molecule has 7 heteroatoms. The van der Waals surface area contributed by atoms with Gasteiger partial charge in [-0.2, -0.15) is 0 Å². The van der Waals surface area contributed by atoms with Crippen LogP contribution in [0.2, 0.25) is 5.02 Å². The van der Waals surface area contributed by atoms with Crippen LogP contribution in [0.25, 0.3) is 0 Å². The average molecular weight is 415 g/mol. The molecule has 152 valence electrons. The van der Waals surface area contributed by atoms with Crippen molar-refractivity contribution in [1.82, 2.24) is 9.80 Å². The van der Waals surface area contributed by atoms with Gasteiger partial charge in [0.2, 0.25) is 5.91 Å². The SMILES string of the molecule is CC(=O)Oc1cccc(C(=O)N2CCCN(C(=O)Cc3ccc(Cl)cc3)CC2)c1. The molecule has 0 bridgehead atoms. The first-order valence-electron chi connectivity index (χ1n) is 9.52. The van der Waals surface area contributed by atoms with Gasteiger partial charge in [0.25, 0.3) is 5.91 Å². The van der Waals surface area contributed by atoms with Crippen molar-refractivity contribution >= 4 is 29.4 Å². The molecule has 2 aromatic rings. The minimum atomic E-state index is -0.431. The number of esters is 1. The lowest BCUT2D eigenvalue weighted by molar-refractivity contribution is -0.132. The lowest BCUT2D eigenvalue weighted by atomic mass is 10.1. The highest BCUT2D eigenvalue weighted by Gasteiger charge is 2.23. The van der Waals surface area contributed by atoms with Gasteiger partial charge in [0, 0.05) is 43.7 Å². The summed E-state index contributed by atoms with van der Waals surface area (Å²) < 4.78 is 5.06. The van der Waals surface area contributed by atoms with Crippen LogP contribution in [-0.4, -0.2) is 53.8 Å².